The van der Waals surface area contributed by atoms with E-state index in [1.54, 1.807) is 24.3 Å². The number of carbonyl (C=O) groups is 4. The Morgan fingerprint density at radius 3 is 2.55 bits per heavy atom. The van der Waals surface area contributed by atoms with Crippen molar-refractivity contribution in [3.05, 3.63) is 54.0 Å². The van der Waals surface area contributed by atoms with Gasteiger partial charge >= 0.3 is 17.9 Å². The Kier molecular flexibility index (Phi) is 6.57. The molecule has 2 heterocycles. The number of furan rings is 1. The highest BCUT2D eigenvalue weighted by molar-refractivity contribution is 5.96. The third-order valence-electron chi connectivity index (χ3n) is 9.06. The Morgan fingerprint density at radius 2 is 1.87 bits per heavy atom. The quantitative estimate of drug-likeness (QED) is 0.417. The number of ketones is 1. The summed E-state index contributed by atoms with van der Waals surface area (Å²) >= 11 is 0. The number of carbonyl (C=O) groups excluding carboxylic acids is 4. The molecule has 5 rings (SSSR count). The predicted octanol–water partition coefficient (Wildman–Crippen LogP) is 4.30. The minimum atomic E-state index is -1.17. The maximum Gasteiger partial charge on any atom is 0.338 e. The summed E-state index contributed by atoms with van der Waals surface area (Å²) in [4.78, 5) is 53.7. The summed E-state index contributed by atoms with van der Waals surface area (Å²) in [5.74, 6) is -3.28. The highest BCUT2D eigenvalue weighted by atomic mass is 16.6. The van der Waals surface area contributed by atoms with Crippen molar-refractivity contribution in [3.8, 4) is 5.75 Å². The molecule has 1 aliphatic heterocycles. The van der Waals surface area contributed by atoms with Gasteiger partial charge in [0.1, 0.15) is 11.9 Å². The van der Waals surface area contributed by atoms with Crippen molar-refractivity contribution in [1.82, 2.24) is 0 Å². The van der Waals surface area contributed by atoms with E-state index in [9.17, 15) is 19.2 Å². The SMILES string of the molecule is COC(=O)[C@@H]1C[C@H](OC(=O)c2cccc(OC)c2)C(=O)[C@H]2[C@@]1(C)CC[C@H]1C(=O)O[C@H](c3ccoc3)C[C@]21C. The van der Waals surface area contributed by atoms with E-state index in [-0.39, 0.29) is 23.7 Å². The van der Waals surface area contributed by atoms with Gasteiger partial charge in [-0.05, 0) is 54.4 Å². The average molecular weight is 525 g/mol. The number of ether oxygens (including phenoxy) is 4. The second kappa shape index (κ2) is 9.60. The lowest BCUT2D eigenvalue weighted by molar-refractivity contribution is -0.208. The molecule has 3 aliphatic rings. The van der Waals surface area contributed by atoms with E-state index in [0.717, 1.165) is 0 Å². The standard InChI is InChI=1S/C29H32O9/c1-28-10-8-19-27(33)38-22(17-9-11-36-15-17)14-29(19,2)24(28)23(30)21(13-20(28)26(32)35-4)37-25(31)16-6-5-7-18(12-16)34-3/h5-7,9,11-12,15,19-22,24H,8,10,13-14H2,1-4H3/t19-,20-,21-,22-,24-,28-,29-/m0/s1. The molecule has 0 unspecified atom stereocenters. The minimum Gasteiger partial charge on any atom is -0.497 e. The lowest BCUT2D eigenvalue weighted by Gasteiger charge is -2.61. The zero-order chi connectivity index (χ0) is 27.2. The Labute approximate surface area is 220 Å². The van der Waals surface area contributed by atoms with Crippen LogP contribution in [0.15, 0.2) is 47.3 Å². The molecule has 3 fully saturated rings. The van der Waals surface area contributed by atoms with Crippen molar-refractivity contribution in [1.29, 1.82) is 0 Å². The Bertz CT molecular complexity index is 1250. The maximum atomic E-state index is 14.2. The molecule has 0 amide bonds. The van der Waals surface area contributed by atoms with E-state index in [1.807, 2.05) is 13.8 Å². The summed E-state index contributed by atoms with van der Waals surface area (Å²) in [7, 11) is 2.80. The number of Topliss-reactive ketones (excluding diaryl/α,β-unsaturated/α-hetero) is 1. The molecule has 7 atom stereocenters. The van der Waals surface area contributed by atoms with E-state index in [4.69, 9.17) is 23.4 Å². The molecule has 202 valence electrons. The van der Waals surface area contributed by atoms with Crippen molar-refractivity contribution in [3.63, 3.8) is 0 Å². The van der Waals surface area contributed by atoms with Gasteiger partial charge in [-0.15, -0.1) is 0 Å². The highest BCUT2D eigenvalue weighted by Gasteiger charge is 2.67. The number of hydrogen-bond acceptors (Lipinski definition) is 9. The van der Waals surface area contributed by atoms with Gasteiger partial charge in [0.25, 0.3) is 0 Å². The molecule has 1 saturated heterocycles. The lowest BCUT2D eigenvalue weighted by atomic mass is 9.43. The van der Waals surface area contributed by atoms with Gasteiger partial charge in [0.05, 0.1) is 44.1 Å². The normalized spacial score (nSPS) is 34.4. The summed E-state index contributed by atoms with van der Waals surface area (Å²) in [5.41, 5.74) is -0.685. The first-order valence-electron chi connectivity index (χ1n) is 12.8. The summed E-state index contributed by atoms with van der Waals surface area (Å²) < 4.78 is 27.1. The van der Waals surface area contributed by atoms with Crippen LogP contribution in [0.1, 0.15) is 61.6 Å². The smallest absolute Gasteiger partial charge is 0.338 e. The monoisotopic (exact) mass is 524 g/mol. The van der Waals surface area contributed by atoms with Gasteiger partial charge in [-0.25, -0.2) is 4.79 Å². The molecule has 9 nitrogen and oxygen atoms in total. The van der Waals surface area contributed by atoms with E-state index in [0.29, 0.717) is 30.6 Å². The molecule has 0 radical (unpaired) electrons. The van der Waals surface area contributed by atoms with Gasteiger partial charge in [-0.2, -0.15) is 0 Å². The van der Waals surface area contributed by atoms with Crippen molar-refractivity contribution >= 4 is 23.7 Å². The Balaban J connectivity index is 1.53. The van der Waals surface area contributed by atoms with Crippen LogP contribution in [-0.2, 0) is 28.6 Å². The van der Waals surface area contributed by atoms with Crippen molar-refractivity contribution in [2.75, 3.05) is 14.2 Å². The van der Waals surface area contributed by atoms with Crippen LogP contribution in [0.2, 0.25) is 0 Å². The second-order valence-corrected chi connectivity index (χ2v) is 11.1. The zero-order valence-electron chi connectivity index (χ0n) is 21.9. The van der Waals surface area contributed by atoms with Crippen LogP contribution in [0.25, 0.3) is 0 Å². The van der Waals surface area contributed by atoms with Crippen LogP contribution in [-0.4, -0.2) is 44.0 Å². The van der Waals surface area contributed by atoms with E-state index in [1.165, 1.54) is 32.8 Å². The molecule has 9 heteroatoms. The summed E-state index contributed by atoms with van der Waals surface area (Å²) in [6.07, 6.45) is 2.62. The van der Waals surface area contributed by atoms with Crippen molar-refractivity contribution in [2.45, 2.75) is 51.7 Å². The van der Waals surface area contributed by atoms with Crippen LogP contribution in [0, 0.1) is 28.6 Å². The van der Waals surface area contributed by atoms with E-state index in [2.05, 4.69) is 0 Å². The molecule has 2 aliphatic carbocycles. The number of fused-ring (bicyclic) bond motifs is 3. The molecule has 1 aromatic heterocycles. The van der Waals surface area contributed by atoms with Crippen LogP contribution in [0.5, 0.6) is 5.75 Å². The summed E-state index contributed by atoms with van der Waals surface area (Å²) in [6, 6.07) is 8.20. The zero-order valence-corrected chi connectivity index (χ0v) is 21.9. The van der Waals surface area contributed by atoms with Crippen LogP contribution < -0.4 is 4.74 Å². The van der Waals surface area contributed by atoms with Gasteiger partial charge in [0.2, 0.25) is 0 Å². The first kappa shape index (κ1) is 26.0. The molecule has 38 heavy (non-hydrogen) atoms. The Morgan fingerprint density at radius 1 is 1.08 bits per heavy atom. The molecule has 0 bridgehead atoms. The molecule has 2 saturated carbocycles. The van der Waals surface area contributed by atoms with Crippen molar-refractivity contribution < 1.29 is 42.5 Å². The third kappa shape index (κ3) is 4.08. The highest BCUT2D eigenvalue weighted by Crippen LogP contribution is 2.65. The molecular weight excluding hydrogens is 492 g/mol. The number of hydrogen-bond donors (Lipinski definition) is 0. The van der Waals surface area contributed by atoms with E-state index < -0.39 is 52.7 Å². The fraction of sp³-hybridized carbons (Fsp3) is 0.517. The Hall–Kier alpha value is -3.62. The van der Waals surface area contributed by atoms with Crippen LogP contribution >= 0.6 is 0 Å². The second-order valence-electron chi connectivity index (χ2n) is 11.1. The molecule has 2 aromatic rings. The predicted molar refractivity (Wildman–Crippen MR) is 132 cm³/mol. The first-order valence-corrected chi connectivity index (χ1v) is 12.8. The maximum absolute atomic E-state index is 14.2. The topological polar surface area (TPSA) is 118 Å². The van der Waals surface area contributed by atoms with Crippen LogP contribution in [0.3, 0.4) is 0 Å². The number of rotatable bonds is 5. The molecular formula is C29H32O9. The fourth-order valence-corrected chi connectivity index (χ4v) is 7.21. The minimum absolute atomic E-state index is 0.0184. The van der Waals surface area contributed by atoms with Gasteiger partial charge in [-0.3, -0.25) is 14.4 Å². The molecule has 1 aromatic carbocycles. The summed E-state index contributed by atoms with van der Waals surface area (Å²) in [5, 5.41) is 0. The molecule has 0 N–H and O–H groups in total. The lowest BCUT2D eigenvalue weighted by Crippen LogP contribution is -2.64. The summed E-state index contributed by atoms with van der Waals surface area (Å²) in [6.45, 7) is 3.84. The number of methoxy groups -OCH3 is 2. The largest absolute Gasteiger partial charge is 0.497 e. The molecule has 0 spiro atoms. The number of cyclic esters (lactones) is 1. The van der Waals surface area contributed by atoms with Gasteiger partial charge in [-0.1, -0.05) is 19.9 Å². The number of benzene rings is 1. The van der Waals surface area contributed by atoms with Gasteiger partial charge in [0, 0.05) is 17.9 Å². The first-order chi connectivity index (χ1) is 18.1. The fourth-order valence-electron chi connectivity index (χ4n) is 7.21. The third-order valence-corrected chi connectivity index (χ3v) is 9.06. The van der Waals surface area contributed by atoms with Gasteiger partial charge < -0.3 is 23.4 Å². The average Bonchev–Trinajstić information content (AvgIpc) is 3.44. The van der Waals surface area contributed by atoms with E-state index >= 15 is 0 Å². The van der Waals surface area contributed by atoms with Crippen LogP contribution in [0.4, 0.5) is 0 Å². The number of esters is 3. The van der Waals surface area contributed by atoms with Crippen molar-refractivity contribution in [2.24, 2.45) is 28.6 Å². The van der Waals surface area contributed by atoms with Gasteiger partial charge in [0.15, 0.2) is 11.9 Å².